The van der Waals surface area contributed by atoms with E-state index in [2.05, 4.69) is 6.08 Å². The Balaban J connectivity index is -0.000000480. The molecular formula is C8H15Cl2HfO3Si-. The summed E-state index contributed by atoms with van der Waals surface area (Å²) in [5.74, 6) is 0. The van der Waals surface area contributed by atoms with Crippen LogP contribution >= 0.6 is 24.8 Å². The zero-order valence-corrected chi connectivity index (χ0v) is 15.1. The van der Waals surface area contributed by atoms with Crippen molar-refractivity contribution in [3.63, 3.8) is 0 Å². The van der Waals surface area contributed by atoms with Gasteiger partial charge in [0.2, 0.25) is 0 Å². The fourth-order valence-corrected chi connectivity index (χ4v) is 3.00. The van der Waals surface area contributed by atoms with Crippen molar-refractivity contribution in [2.45, 2.75) is 6.42 Å². The Bertz CT molecular complexity index is 212. The van der Waals surface area contributed by atoms with Crippen molar-refractivity contribution in [2.24, 2.45) is 0 Å². The second-order valence-electron chi connectivity index (χ2n) is 2.37. The smallest absolute Gasteiger partial charge is 0.375 e. The van der Waals surface area contributed by atoms with Gasteiger partial charge in [0, 0.05) is 47.2 Å². The van der Waals surface area contributed by atoms with Gasteiger partial charge in [0.25, 0.3) is 0 Å². The summed E-state index contributed by atoms with van der Waals surface area (Å²) >= 11 is 0. The molecule has 0 bridgehead atoms. The quantitative estimate of drug-likeness (QED) is 0.498. The Hall–Kier alpha value is 1.03. The van der Waals surface area contributed by atoms with Gasteiger partial charge in [-0.25, -0.2) is 6.08 Å². The molecule has 0 aromatic rings. The molecule has 3 nitrogen and oxygen atoms in total. The normalized spacial score (nSPS) is 13.4. The van der Waals surface area contributed by atoms with Crippen LogP contribution in [0.5, 0.6) is 0 Å². The summed E-state index contributed by atoms with van der Waals surface area (Å²) < 4.78 is 15.8. The second-order valence-corrected chi connectivity index (χ2v) is 5.24. The summed E-state index contributed by atoms with van der Waals surface area (Å²) in [6.45, 7) is 0. The fraction of sp³-hybridized carbons (Fsp3) is 0.500. The molecule has 7 heteroatoms. The van der Waals surface area contributed by atoms with E-state index in [0.717, 1.165) is 11.6 Å². The third kappa shape index (κ3) is 4.81. The molecule has 0 atom stereocenters. The SMILES string of the molecule is CO[Si](OC)(OC)C1=[C-]CC=C1.Cl.Cl.[Hf]. The van der Waals surface area contributed by atoms with Crippen molar-refractivity contribution >= 4 is 33.6 Å². The summed E-state index contributed by atoms with van der Waals surface area (Å²) in [5.41, 5.74) is 0. The van der Waals surface area contributed by atoms with Gasteiger partial charge >= 0.3 is 8.80 Å². The molecule has 1 aliphatic rings. The van der Waals surface area contributed by atoms with Crippen LogP contribution in [0, 0.1) is 6.08 Å². The van der Waals surface area contributed by atoms with Gasteiger partial charge in [0.15, 0.2) is 0 Å². The first kappa shape index (κ1) is 21.3. The van der Waals surface area contributed by atoms with Crippen LogP contribution in [-0.2, 0) is 39.1 Å². The molecule has 1 rings (SSSR count). The molecule has 88 valence electrons. The van der Waals surface area contributed by atoms with Crippen LogP contribution in [0.2, 0.25) is 0 Å². The van der Waals surface area contributed by atoms with Crippen LogP contribution in [0.25, 0.3) is 0 Å². The first-order valence-electron chi connectivity index (χ1n) is 3.72. The summed E-state index contributed by atoms with van der Waals surface area (Å²) in [4.78, 5) is 0. The van der Waals surface area contributed by atoms with Gasteiger partial charge in [0.1, 0.15) is 0 Å². The largest absolute Gasteiger partial charge is 0.498 e. The Morgan fingerprint density at radius 1 is 1.13 bits per heavy atom. The first-order valence-corrected chi connectivity index (χ1v) is 5.45. The van der Waals surface area contributed by atoms with Crippen molar-refractivity contribution in [3.05, 3.63) is 23.4 Å². The minimum absolute atomic E-state index is 0. The summed E-state index contributed by atoms with van der Waals surface area (Å²) in [6, 6.07) is 0. The van der Waals surface area contributed by atoms with Crippen molar-refractivity contribution in [1.82, 2.24) is 0 Å². The minimum atomic E-state index is -2.57. The predicted octanol–water partition coefficient (Wildman–Crippen LogP) is 1.93. The molecule has 0 aliphatic heterocycles. The Kier molecular flexibility index (Phi) is 14.5. The molecule has 0 saturated heterocycles. The van der Waals surface area contributed by atoms with E-state index in [-0.39, 0.29) is 50.7 Å². The Morgan fingerprint density at radius 2 is 1.60 bits per heavy atom. The number of hydrogen-bond acceptors (Lipinski definition) is 3. The molecule has 15 heavy (non-hydrogen) atoms. The van der Waals surface area contributed by atoms with E-state index in [4.69, 9.17) is 13.3 Å². The number of rotatable bonds is 4. The van der Waals surface area contributed by atoms with Crippen LogP contribution in [-0.4, -0.2) is 30.1 Å². The summed E-state index contributed by atoms with van der Waals surface area (Å²) in [5, 5.41) is 0.926. The van der Waals surface area contributed by atoms with Gasteiger partial charge in [-0.05, 0) is 0 Å². The van der Waals surface area contributed by atoms with Crippen molar-refractivity contribution < 1.29 is 39.1 Å². The van der Waals surface area contributed by atoms with Crippen LogP contribution in [0.1, 0.15) is 6.42 Å². The van der Waals surface area contributed by atoms with E-state index in [9.17, 15) is 0 Å². The first-order chi connectivity index (χ1) is 5.79. The van der Waals surface area contributed by atoms with Crippen molar-refractivity contribution in [2.75, 3.05) is 21.3 Å². The molecule has 0 spiro atoms. The van der Waals surface area contributed by atoms with Crippen molar-refractivity contribution in [3.8, 4) is 0 Å². The molecule has 0 radical (unpaired) electrons. The predicted molar refractivity (Wildman–Crippen MR) is 61.8 cm³/mol. The molecule has 0 unspecified atom stereocenters. The van der Waals surface area contributed by atoms with Gasteiger partial charge in [-0.3, -0.25) is 6.08 Å². The topological polar surface area (TPSA) is 27.7 Å². The number of hydrogen-bond donors (Lipinski definition) is 0. The number of halogens is 2. The van der Waals surface area contributed by atoms with Gasteiger partial charge in [-0.15, -0.1) is 31.2 Å². The maximum atomic E-state index is 5.26. The van der Waals surface area contributed by atoms with Crippen LogP contribution < -0.4 is 0 Å². The third-order valence-electron chi connectivity index (χ3n) is 1.83. The van der Waals surface area contributed by atoms with E-state index < -0.39 is 8.80 Å². The van der Waals surface area contributed by atoms with Gasteiger partial charge in [-0.2, -0.15) is 11.3 Å². The molecule has 0 aromatic carbocycles. The minimum Gasteiger partial charge on any atom is -0.375 e. The fourth-order valence-electron chi connectivity index (χ4n) is 1.19. The van der Waals surface area contributed by atoms with Gasteiger partial charge in [-0.1, -0.05) is 0 Å². The standard InChI is InChI=1S/C8H13O3Si.2ClH.Hf/c1-9-12(10-2,11-3)8-6-4-5-7-8;;;/h4,6H,5H2,1-3H3;2*1H;/q-1;;;. The molecule has 0 amide bonds. The average Bonchev–Trinajstić information content (AvgIpc) is 2.62. The summed E-state index contributed by atoms with van der Waals surface area (Å²) in [7, 11) is 2.23. The molecular weight excluding hydrogens is 422 g/mol. The van der Waals surface area contributed by atoms with Crippen LogP contribution in [0.4, 0.5) is 0 Å². The molecule has 0 aromatic heterocycles. The van der Waals surface area contributed by atoms with E-state index in [1.807, 2.05) is 12.2 Å². The van der Waals surface area contributed by atoms with Gasteiger partial charge in [0.05, 0.1) is 0 Å². The zero-order valence-electron chi connectivity index (χ0n) is 8.90. The third-order valence-corrected chi connectivity index (χ3v) is 4.45. The van der Waals surface area contributed by atoms with E-state index in [0.29, 0.717) is 0 Å². The maximum absolute atomic E-state index is 5.26. The van der Waals surface area contributed by atoms with Crippen LogP contribution in [0.3, 0.4) is 0 Å². The van der Waals surface area contributed by atoms with E-state index in [1.165, 1.54) is 0 Å². The van der Waals surface area contributed by atoms with E-state index in [1.54, 1.807) is 21.3 Å². The van der Waals surface area contributed by atoms with E-state index >= 15 is 0 Å². The molecule has 0 fully saturated rings. The average molecular weight is 437 g/mol. The van der Waals surface area contributed by atoms with Crippen LogP contribution in [0.15, 0.2) is 17.3 Å². The van der Waals surface area contributed by atoms with Crippen molar-refractivity contribution in [1.29, 1.82) is 0 Å². The van der Waals surface area contributed by atoms with Gasteiger partial charge < -0.3 is 13.3 Å². The summed E-state index contributed by atoms with van der Waals surface area (Å²) in [6.07, 6.45) is 7.92. The Labute approximate surface area is 123 Å². The zero-order chi connectivity index (χ0) is 9.03. The second kappa shape index (κ2) is 10.2. The number of allylic oxidation sites excluding steroid dienone is 4. The molecule has 1 aliphatic carbocycles. The molecule has 0 heterocycles. The Morgan fingerprint density at radius 3 is 1.87 bits per heavy atom. The molecule has 0 saturated carbocycles. The molecule has 0 N–H and O–H groups in total. The maximum Gasteiger partial charge on any atom is 0.498 e. The monoisotopic (exact) mass is 437 g/mol.